The molecule has 3 aromatic carbocycles. The van der Waals surface area contributed by atoms with Gasteiger partial charge in [-0.2, -0.15) is 0 Å². The second kappa shape index (κ2) is 8.02. The molecule has 3 aromatic heterocycles. The zero-order valence-electron chi connectivity index (χ0n) is 19.6. The number of aryl methyl sites for hydroxylation is 2. The minimum absolute atomic E-state index is 0.218. The average Bonchev–Trinajstić information content (AvgIpc) is 3.40. The van der Waals surface area contributed by atoms with Crippen LogP contribution in [-0.4, -0.2) is 10.9 Å². The summed E-state index contributed by atoms with van der Waals surface area (Å²) in [5, 5.41) is 6.40. The Morgan fingerprint density at radius 2 is 1.64 bits per heavy atom. The fourth-order valence-corrected chi connectivity index (χ4v) is 4.93. The second-order valence-corrected chi connectivity index (χ2v) is 9.02. The van der Waals surface area contributed by atoms with Crippen molar-refractivity contribution in [2.45, 2.75) is 20.4 Å². The molecule has 5 nitrogen and oxygen atoms in total. The van der Waals surface area contributed by atoms with Crippen LogP contribution in [0.15, 0.2) is 65.1 Å². The summed E-state index contributed by atoms with van der Waals surface area (Å²) < 4.78 is 33.8. The number of hydrogen-bond acceptors (Lipinski definition) is 4. The smallest absolute Gasteiger partial charge is 0.251 e. The fourth-order valence-electron chi connectivity index (χ4n) is 4.93. The Kier molecular flexibility index (Phi) is 4.89. The van der Waals surface area contributed by atoms with Gasteiger partial charge in [0, 0.05) is 51.0 Å². The van der Waals surface area contributed by atoms with Crippen molar-refractivity contribution < 1.29 is 18.0 Å². The molecule has 6 aromatic rings. The topological polar surface area (TPSA) is 81.1 Å². The van der Waals surface area contributed by atoms with Crippen molar-refractivity contribution in [1.29, 1.82) is 0 Å². The van der Waals surface area contributed by atoms with Crippen molar-refractivity contribution in [3.63, 3.8) is 0 Å². The standard InChI is InChI=1S/C29H21F2N3O2/c1-14-9-26(32)34-15(2)24(14)13-33-29(35)17-4-7-21-23(11-17)28-22-10-16(3-6-20(22)27(21)36-28)19-8-5-18(30)12-25(19)31/h3-12H,13H2,1-2H3,(H2,32,34)(H,33,35). The Balaban J connectivity index is 1.36. The van der Waals surface area contributed by atoms with E-state index in [9.17, 15) is 13.6 Å². The maximum atomic E-state index is 14.4. The Morgan fingerprint density at radius 1 is 0.917 bits per heavy atom. The molecule has 3 N–H and O–H groups in total. The number of aromatic nitrogens is 1. The minimum atomic E-state index is -0.627. The summed E-state index contributed by atoms with van der Waals surface area (Å²) in [4.78, 5) is 17.3. The number of carbonyl (C=O) groups excluding carboxylic acids is 1. The lowest BCUT2D eigenvalue weighted by atomic mass is 9.97. The van der Waals surface area contributed by atoms with E-state index in [0.29, 0.717) is 40.2 Å². The second-order valence-electron chi connectivity index (χ2n) is 9.02. The van der Waals surface area contributed by atoms with Crippen molar-refractivity contribution in [1.82, 2.24) is 10.3 Å². The highest BCUT2D eigenvalue weighted by Gasteiger charge is 2.20. The van der Waals surface area contributed by atoms with Gasteiger partial charge in [-0.25, -0.2) is 13.8 Å². The summed E-state index contributed by atoms with van der Waals surface area (Å²) >= 11 is 0. The molecule has 0 spiro atoms. The molecule has 2 bridgehead atoms. The number of halogens is 2. The predicted molar refractivity (Wildman–Crippen MR) is 137 cm³/mol. The van der Waals surface area contributed by atoms with E-state index in [0.717, 1.165) is 44.4 Å². The molecule has 3 heterocycles. The number of hydrogen-bond donors (Lipinski definition) is 2. The number of anilines is 1. The summed E-state index contributed by atoms with van der Waals surface area (Å²) in [5.74, 6) is -1.02. The third-order valence-electron chi connectivity index (χ3n) is 6.73. The van der Waals surface area contributed by atoms with Crippen LogP contribution in [0.1, 0.15) is 27.2 Å². The lowest BCUT2D eigenvalue weighted by Crippen LogP contribution is -2.24. The summed E-state index contributed by atoms with van der Waals surface area (Å²) in [6, 6.07) is 16.3. The van der Waals surface area contributed by atoms with Crippen LogP contribution in [0.25, 0.3) is 43.8 Å². The van der Waals surface area contributed by atoms with E-state index in [-0.39, 0.29) is 5.91 Å². The molecule has 0 radical (unpaired) electrons. The molecule has 0 aliphatic carbocycles. The molecule has 1 amide bonds. The highest BCUT2D eigenvalue weighted by Crippen LogP contribution is 2.42. The number of nitrogen functional groups attached to an aromatic ring is 1. The number of amides is 1. The van der Waals surface area contributed by atoms with Crippen molar-refractivity contribution in [3.8, 4) is 11.1 Å². The van der Waals surface area contributed by atoms with Gasteiger partial charge >= 0.3 is 0 Å². The van der Waals surface area contributed by atoms with Gasteiger partial charge in [0.2, 0.25) is 0 Å². The van der Waals surface area contributed by atoms with Crippen LogP contribution in [0.4, 0.5) is 14.6 Å². The Labute approximate surface area is 204 Å². The van der Waals surface area contributed by atoms with Crippen LogP contribution in [0, 0.1) is 25.5 Å². The zero-order chi connectivity index (χ0) is 25.1. The maximum absolute atomic E-state index is 14.4. The summed E-state index contributed by atoms with van der Waals surface area (Å²) in [7, 11) is 0. The monoisotopic (exact) mass is 481 g/mol. The van der Waals surface area contributed by atoms with E-state index >= 15 is 0 Å². The van der Waals surface area contributed by atoms with Gasteiger partial charge in [0.15, 0.2) is 0 Å². The number of rotatable bonds is 4. The number of nitrogens with two attached hydrogens (primary N) is 1. The first-order valence-electron chi connectivity index (χ1n) is 11.5. The van der Waals surface area contributed by atoms with Crippen LogP contribution >= 0.6 is 0 Å². The van der Waals surface area contributed by atoms with Gasteiger partial charge in [-0.3, -0.25) is 4.79 Å². The van der Waals surface area contributed by atoms with Gasteiger partial charge in [0.25, 0.3) is 5.91 Å². The Bertz CT molecular complexity index is 1800. The van der Waals surface area contributed by atoms with Crippen LogP contribution in [0.3, 0.4) is 0 Å². The number of pyridine rings is 1. The molecule has 0 unspecified atom stereocenters. The van der Waals surface area contributed by atoms with E-state index in [2.05, 4.69) is 10.3 Å². The van der Waals surface area contributed by atoms with Crippen LogP contribution in [-0.2, 0) is 6.54 Å². The van der Waals surface area contributed by atoms with E-state index in [4.69, 9.17) is 10.2 Å². The van der Waals surface area contributed by atoms with E-state index in [1.807, 2.05) is 38.1 Å². The number of carbonyl (C=O) groups is 1. The fraction of sp³-hybridized carbons (Fsp3) is 0.103. The Morgan fingerprint density at radius 3 is 2.39 bits per heavy atom. The van der Waals surface area contributed by atoms with Crippen LogP contribution in [0.5, 0.6) is 0 Å². The molecule has 0 aliphatic rings. The first-order chi connectivity index (χ1) is 17.3. The van der Waals surface area contributed by atoms with Gasteiger partial charge in [-0.1, -0.05) is 6.07 Å². The highest BCUT2D eigenvalue weighted by molar-refractivity contribution is 6.26. The highest BCUT2D eigenvalue weighted by atomic mass is 19.1. The molecule has 0 fully saturated rings. The first kappa shape index (κ1) is 22.0. The lowest BCUT2D eigenvalue weighted by molar-refractivity contribution is 0.0951. The van der Waals surface area contributed by atoms with Crippen molar-refractivity contribution in [2.24, 2.45) is 0 Å². The number of furan rings is 2. The van der Waals surface area contributed by atoms with Gasteiger partial charge in [0.1, 0.15) is 28.6 Å². The molecule has 0 aliphatic heterocycles. The molecule has 0 saturated heterocycles. The number of nitrogens with zero attached hydrogens (tertiary/aromatic N) is 1. The van der Waals surface area contributed by atoms with Gasteiger partial charge in [-0.15, -0.1) is 0 Å². The molecule has 7 heteroatoms. The third kappa shape index (κ3) is 3.43. The predicted octanol–water partition coefficient (Wildman–Crippen LogP) is 6.65. The van der Waals surface area contributed by atoms with Gasteiger partial charge in [0.05, 0.1) is 0 Å². The van der Waals surface area contributed by atoms with Crippen molar-refractivity contribution in [2.75, 3.05) is 5.73 Å². The van der Waals surface area contributed by atoms with E-state index in [1.165, 1.54) is 12.1 Å². The maximum Gasteiger partial charge on any atom is 0.251 e. The minimum Gasteiger partial charge on any atom is -0.455 e. The molecule has 0 atom stereocenters. The molecule has 36 heavy (non-hydrogen) atoms. The van der Waals surface area contributed by atoms with Crippen molar-refractivity contribution in [3.05, 3.63) is 94.7 Å². The summed E-state index contributed by atoms with van der Waals surface area (Å²) in [6.07, 6.45) is 0. The quantitative estimate of drug-likeness (QED) is 0.276. The van der Waals surface area contributed by atoms with Crippen molar-refractivity contribution >= 4 is 44.4 Å². The zero-order valence-corrected chi connectivity index (χ0v) is 19.6. The van der Waals surface area contributed by atoms with Crippen LogP contribution < -0.4 is 11.1 Å². The van der Waals surface area contributed by atoms with Gasteiger partial charge < -0.3 is 15.5 Å². The number of fused-ring (bicyclic) bond motifs is 8. The molecule has 6 rings (SSSR count). The summed E-state index contributed by atoms with van der Waals surface area (Å²) in [6.45, 7) is 4.14. The molecular formula is C29H21F2N3O2. The number of benzene rings is 4. The normalized spacial score (nSPS) is 11.7. The van der Waals surface area contributed by atoms with E-state index in [1.54, 1.807) is 18.2 Å². The largest absolute Gasteiger partial charge is 0.455 e. The van der Waals surface area contributed by atoms with Gasteiger partial charge in [-0.05, 0) is 79.1 Å². The molecular weight excluding hydrogens is 460 g/mol. The van der Waals surface area contributed by atoms with E-state index < -0.39 is 11.6 Å². The first-order valence-corrected chi connectivity index (χ1v) is 11.5. The average molecular weight is 482 g/mol. The lowest BCUT2D eigenvalue weighted by Gasteiger charge is -2.11. The molecule has 0 saturated carbocycles. The third-order valence-corrected chi connectivity index (χ3v) is 6.73. The summed E-state index contributed by atoms with van der Waals surface area (Å²) in [5.41, 5.74) is 11.3. The Hall–Kier alpha value is -4.52. The SMILES string of the molecule is Cc1cc(N)nc(C)c1CNC(=O)c1ccc2c(c1)c1oc2c2ccc(-c3ccc(F)cc3F)cc21. The number of nitrogens with one attached hydrogen (secondary N) is 1. The molecule has 178 valence electrons. The van der Waals surface area contributed by atoms with Crippen LogP contribution in [0.2, 0.25) is 0 Å².